The number of benzene rings is 1. The summed E-state index contributed by atoms with van der Waals surface area (Å²) in [5.41, 5.74) is 0.969. The van der Waals surface area contributed by atoms with E-state index < -0.39 is 0 Å². The first kappa shape index (κ1) is 10.5. The van der Waals surface area contributed by atoms with E-state index in [0.717, 1.165) is 26.6 Å². The Bertz CT molecular complexity index is 651. The first-order valence-corrected chi connectivity index (χ1v) is 6.21. The van der Waals surface area contributed by atoms with Gasteiger partial charge in [0.05, 0.1) is 21.6 Å². The normalized spacial score (nSPS) is 10.6. The fraction of sp³-hybridized carbons (Fsp3) is 0. The van der Waals surface area contributed by atoms with E-state index in [1.54, 1.807) is 6.20 Å². The molecule has 0 bridgehead atoms. The highest BCUT2D eigenvalue weighted by atomic mass is 35.5. The van der Waals surface area contributed by atoms with E-state index in [1.807, 2.05) is 36.5 Å². The van der Waals surface area contributed by atoms with Gasteiger partial charge in [0.25, 0.3) is 0 Å². The molecule has 0 saturated heterocycles. The molecule has 0 aliphatic rings. The molecule has 3 nitrogen and oxygen atoms in total. The molecule has 1 N–H and O–H groups in total. The van der Waals surface area contributed by atoms with E-state index in [4.69, 9.17) is 11.6 Å². The van der Waals surface area contributed by atoms with Crippen molar-refractivity contribution in [3.05, 3.63) is 47.7 Å². The Morgan fingerprint density at radius 2 is 2.12 bits per heavy atom. The van der Waals surface area contributed by atoms with Crippen molar-refractivity contribution in [2.24, 2.45) is 0 Å². The van der Waals surface area contributed by atoms with Gasteiger partial charge in [-0.1, -0.05) is 17.7 Å². The molecule has 0 aliphatic heterocycles. The van der Waals surface area contributed by atoms with Crippen LogP contribution in [0.4, 0.5) is 11.5 Å². The van der Waals surface area contributed by atoms with Crippen LogP contribution in [0.25, 0.3) is 10.1 Å². The second-order valence-electron chi connectivity index (χ2n) is 3.50. The van der Waals surface area contributed by atoms with E-state index in [9.17, 15) is 0 Å². The SMILES string of the molecule is Clc1ccc(Nc2ccccn2)c2cnsc12. The van der Waals surface area contributed by atoms with Crippen LogP contribution < -0.4 is 5.32 Å². The van der Waals surface area contributed by atoms with Crippen LogP contribution in [0.5, 0.6) is 0 Å². The van der Waals surface area contributed by atoms with Gasteiger partial charge in [0.1, 0.15) is 5.82 Å². The Morgan fingerprint density at radius 1 is 1.18 bits per heavy atom. The van der Waals surface area contributed by atoms with Gasteiger partial charge in [-0.25, -0.2) is 4.98 Å². The van der Waals surface area contributed by atoms with Crippen LogP contribution in [-0.4, -0.2) is 9.36 Å². The van der Waals surface area contributed by atoms with Gasteiger partial charge in [0.2, 0.25) is 0 Å². The highest BCUT2D eigenvalue weighted by Crippen LogP contribution is 2.33. The smallest absolute Gasteiger partial charge is 0.130 e. The van der Waals surface area contributed by atoms with Gasteiger partial charge in [0.15, 0.2) is 0 Å². The highest BCUT2D eigenvalue weighted by molar-refractivity contribution is 7.14. The van der Waals surface area contributed by atoms with Crippen molar-refractivity contribution in [2.45, 2.75) is 0 Å². The van der Waals surface area contributed by atoms with E-state index >= 15 is 0 Å². The lowest BCUT2D eigenvalue weighted by molar-refractivity contribution is 1.31. The van der Waals surface area contributed by atoms with Gasteiger partial charge in [-0.2, -0.15) is 4.37 Å². The van der Waals surface area contributed by atoms with Crippen molar-refractivity contribution >= 4 is 44.7 Å². The molecule has 5 heteroatoms. The Labute approximate surface area is 107 Å². The Hall–Kier alpha value is -1.65. The van der Waals surface area contributed by atoms with E-state index in [-0.39, 0.29) is 0 Å². The Kier molecular flexibility index (Phi) is 2.66. The van der Waals surface area contributed by atoms with Crippen LogP contribution >= 0.6 is 23.1 Å². The number of pyridine rings is 1. The van der Waals surface area contributed by atoms with Crippen molar-refractivity contribution in [3.63, 3.8) is 0 Å². The zero-order valence-electron chi connectivity index (χ0n) is 8.72. The number of anilines is 2. The largest absolute Gasteiger partial charge is 0.340 e. The zero-order chi connectivity index (χ0) is 11.7. The van der Waals surface area contributed by atoms with Crippen LogP contribution in [0.3, 0.4) is 0 Å². The van der Waals surface area contributed by atoms with E-state index in [0.29, 0.717) is 0 Å². The standard InChI is InChI=1S/C12H8ClN3S/c13-9-4-5-10(8-7-15-17-12(8)9)16-11-3-1-2-6-14-11/h1-7H,(H,14,16). The van der Waals surface area contributed by atoms with Crippen molar-refractivity contribution in [3.8, 4) is 0 Å². The van der Waals surface area contributed by atoms with Crippen LogP contribution in [0.1, 0.15) is 0 Å². The van der Waals surface area contributed by atoms with Crippen LogP contribution in [-0.2, 0) is 0 Å². The quantitative estimate of drug-likeness (QED) is 0.755. The molecular weight excluding hydrogens is 254 g/mol. The van der Waals surface area contributed by atoms with Gasteiger partial charge < -0.3 is 5.32 Å². The number of hydrogen-bond donors (Lipinski definition) is 1. The minimum Gasteiger partial charge on any atom is -0.340 e. The maximum atomic E-state index is 6.10. The van der Waals surface area contributed by atoms with E-state index in [1.165, 1.54) is 11.5 Å². The fourth-order valence-corrected chi connectivity index (χ4v) is 2.56. The molecule has 2 aromatic heterocycles. The van der Waals surface area contributed by atoms with Gasteiger partial charge in [0, 0.05) is 11.6 Å². The third-order valence-corrected chi connectivity index (χ3v) is 3.66. The topological polar surface area (TPSA) is 37.8 Å². The summed E-state index contributed by atoms with van der Waals surface area (Å²) in [7, 11) is 0. The summed E-state index contributed by atoms with van der Waals surface area (Å²) in [6, 6.07) is 9.55. The third kappa shape index (κ3) is 1.97. The summed E-state index contributed by atoms with van der Waals surface area (Å²) in [6.07, 6.45) is 3.57. The van der Waals surface area contributed by atoms with Crippen molar-refractivity contribution in [1.29, 1.82) is 0 Å². The summed E-state index contributed by atoms with van der Waals surface area (Å²) in [4.78, 5) is 4.23. The summed E-state index contributed by atoms with van der Waals surface area (Å²) in [5, 5.41) is 5.01. The summed E-state index contributed by atoms with van der Waals surface area (Å²) < 4.78 is 5.15. The maximum absolute atomic E-state index is 6.10. The molecule has 1 aromatic carbocycles. The average molecular weight is 262 g/mol. The first-order valence-electron chi connectivity index (χ1n) is 5.05. The van der Waals surface area contributed by atoms with Crippen molar-refractivity contribution < 1.29 is 0 Å². The molecule has 0 atom stereocenters. The molecule has 3 aromatic rings. The molecule has 17 heavy (non-hydrogen) atoms. The molecule has 3 rings (SSSR count). The van der Waals surface area contributed by atoms with Crippen LogP contribution in [0.2, 0.25) is 5.02 Å². The number of halogens is 1. The predicted molar refractivity (Wildman–Crippen MR) is 72.1 cm³/mol. The molecule has 0 saturated carbocycles. The Morgan fingerprint density at radius 3 is 2.94 bits per heavy atom. The van der Waals surface area contributed by atoms with Gasteiger partial charge in [-0.15, -0.1) is 0 Å². The average Bonchev–Trinajstić information content (AvgIpc) is 2.84. The molecular formula is C12H8ClN3S. The minimum atomic E-state index is 0.731. The number of fused-ring (bicyclic) bond motifs is 1. The molecule has 0 amide bonds. The fourth-order valence-electron chi connectivity index (χ4n) is 1.61. The van der Waals surface area contributed by atoms with Gasteiger partial charge in [-0.05, 0) is 35.8 Å². The predicted octanol–water partition coefficient (Wildman–Crippen LogP) is 4.09. The summed E-state index contributed by atoms with van der Waals surface area (Å²) >= 11 is 7.50. The number of nitrogens with one attached hydrogen (secondary N) is 1. The molecule has 0 aliphatic carbocycles. The van der Waals surface area contributed by atoms with Crippen LogP contribution in [0, 0.1) is 0 Å². The minimum absolute atomic E-state index is 0.731. The molecule has 0 radical (unpaired) electrons. The van der Waals surface area contributed by atoms with Crippen molar-refractivity contribution in [1.82, 2.24) is 9.36 Å². The van der Waals surface area contributed by atoms with Crippen molar-refractivity contribution in [2.75, 3.05) is 5.32 Å². The molecule has 0 fully saturated rings. The lowest BCUT2D eigenvalue weighted by Crippen LogP contribution is -1.92. The second kappa shape index (κ2) is 4.31. The lowest BCUT2D eigenvalue weighted by Gasteiger charge is -2.06. The van der Waals surface area contributed by atoms with Crippen LogP contribution in [0.15, 0.2) is 42.7 Å². The monoisotopic (exact) mass is 261 g/mol. The molecule has 2 heterocycles. The highest BCUT2D eigenvalue weighted by Gasteiger charge is 2.07. The molecule has 0 unspecified atom stereocenters. The summed E-state index contributed by atoms with van der Waals surface area (Å²) in [5.74, 6) is 0.808. The number of rotatable bonds is 2. The zero-order valence-corrected chi connectivity index (χ0v) is 10.3. The molecule has 84 valence electrons. The third-order valence-electron chi connectivity index (χ3n) is 2.40. The Balaban J connectivity index is 2.07. The van der Waals surface area contributed by atoms with Gasteiger partial charge >= 0.3 is 0 Å². The van der Waals surface area contributed by atoms with Gasteiger partial charge in [-0.3, -0.25) is 0 Å². The number of aromatic nitrogens is 2. The number of nitrogens with zero attached hydrogens (tertiary/aromatic N) is 2. The second-order valence-corrected chi connectivity index (χ2v) is 4.71. The maximum Gasteiger partial charge on any atom is 0.130 e. The van der Waals surface area contributed by atoms with E-state index in [2.05, 4.69) is 14.7 Å². The number of hydrogen-bond acceptors (Lipinski definition) is 4. The molecule has 0 spiro atoms. The summed E-state index contributed by atoms with van der Waals surface area (Å²) in [6.45, 7) is 0. The first-order chi connectivity index (χ1) is 8.34. The lowest BCUT2D eigenvalue weighted by atomic mass is 10.2.